The van der Waals surface area contributed by atoms with Crippen LogP contribution in [0.3, 0.4) is 0 Å². The smallest absolute Gasteiger partial charge is 0.238 e. The first-order valence-electron chi connectivity index (χ1n) is 4.79. The van der Waals surface area contributed by atoms with Gasteiger partial charge in [-0.15, -0.1) is 0 Å². The van der Waals surface area contributed by atoms with Crippen LogP contribution >= 0.6 is 0 Å². The minimum Gasteiger partial charge on any atom is -0.354 e. The molecule has 2 amide bonds. The summed E-state index contributed by atoms with van der Waals surface area (Å²) in [6, 6.07) is -1.20. The Labute approximate surface area is 87.8 Å². The topological polar surface area (TPSA) is 87.3 Å². The van der Waals surface area contributed by atoms with Gasteiger partial charge in [0.2, 0.25) is 11.8 Å². The number of likely N-dealkylation sites (N-methyl/N-ethyl adjacent to an activating group) is 1. The maximum atomic E-state index is 11.6. The minimum absolute atomic E-state index is 0.0902. The third-order valence-electron chi connectivity index (χ3n) is 2.37. The van der Waals surface area contributed by atoms with E-state index in [2.05, 4.69) is 16.0 Å². The first-order valence-corrected chi connectivity index (χ1v) is 4.79. The van der Waals surface area contributed by atoms with E-state index in [4.69, 9.17) is 0 Å². The lowest BCUT2D eigenvalue weighted by Crippen LogP contribution is -2.56. The molecule has 3 N–H and O–H groups in total. The summed E-state index contributed by atoms with van der Waals surface area (Å²) in [5, 5.41) is 7.89. The van der Waals surface area contributed by atoms with E-state index in [1.54, 1.807) is 7.05 Å². The zero-order chi connectivity index (χ0) is 11.4. The van der Waals surface area contributed by atoms with Gasteiger partial charge in [0.1, 0.15) is 6.04 Å². The van der Waals surface area contributed by atoms with Crippen LogP contribution in [0.25, 0.3) is 0 Å². The molecule has 6 heteroatoms. The van der Waals surface area contributed by atoms with Crippen molar-refractivity contribution < 1.29 is 14.4 Å². The number of Topliss-reactive ketones (excluding diaryl/α,β-unsaturated/α-hetero) is 1. The van der Waals surface area contributed by atoms with Gasteiger partial charge < -0.3 is 16.0 Å². The molecule has 84 valence electrons. The van der Waals surface area contributed by atoms with Gasteiger partial charge in [0.25, 0.3) is 0 Å². The molecule has 2 atom stereocenters. The zero-order valence-electron chi connectivity index (χ0n) is 8.79. The fraction of sp³-hybridized carbons (Fsp3) is 0.667. The highest BCUT2D eigenvalue weighted by Gasteiger charge is 2.27. The highest BCUT2D eigenvalue weighted by molar-refractivity contribution is 5.94. The second kappa shape index (κ2) is 4.88. The Bertz CT molecular complexity index is 290. The lowest BCUT2D eigenvalue weighted by Gasteiger charge is -2.24. The standard InChI is InChI=1S/C9H15N3O3/c1-5(13)7-4-11-8(14)3-6(10-2)9(15)12-7/h6-7,10H,3-4H2,1-2H3,(H,11,14)(H,12,15). The van der Waals surface area contributed by atoms with Crippen LogP contribution in [0, 0.1) is 0 Å². The molecule has 1 aliphatic rings. The zero-order valence-corrected chi connectivity index (χ0v) is 8.79. The molecular weight excluding hydrogens is 198 g/mol. The highest BCUT2D eigenvalue weighted by atomic mass is 16.2. The molecule has 1 rings (SSSR count). The summed E-state index contributed by atoms with van der Waals surface area (Å²) in [6.45, 7) is 1.55. The van der Waals surface area contributed by atoms with Crippen LogP contribution in [-0.2, 0) is 14.4 Å². The minimum atomic E-state index is -0.627. The van der Waals surface area contributed by atoms with Crippen LogP contribution in [0.1, 0.15) is 13.3 Å². The van der Waals surface area contributed by atoms with Crippen LogP contribution in [0.15, 0.2) is 0 Å². The molecule has 1 aliphatic heterocycles. The predicted molar refractivity (Wildman–Crippen MR) is 53.1 cm³/mol. The summed E-state index contributed by atoms with van der Waals surface area (Å²) < 4.78 is 0. The molecule has 0 saturated carbocycles. The lowest BCUT2D eigenvalue weighted by atomic mass is 10.1. The summed E-state index contributed by atoms with van der Waals surface area (Å²) in [6.07, 6.45) is 0.0902. The Balaban J connectivity index is 2.74. The Hall–Kier alpha value is -1.43. The third-order valence-corrected chi connectivity index (χ3v) is 2.37. The monoisotopic (exact) mass is 213 g/mol. The largest absolute Gasteiger partial charge is 0.354 e. The average molecular weight is 213 g/mol. The van der Waals surface area contributed by atoms with E-state index in [9.17, 15) is 14.4 Å². The molecule has 0 spiro atoms. The predicted octanol–water partition coefficient (Wildman–Crippen LogP) is -1.83. The van der Waals surface area contributed by atoms with Crippen molar-refractivity contribution in [1.29, 1.82) is 0 Å². The number of carbonyl (C=O) groups excluding carboxylic acids is 3. The van der Waals surface area contributed by atoms with Gasteiger partial charge in [0.05, 0.1) is 12.5 Å². The molecule has 1 fully saturated rings. The number of hydrogen-bond acceptors (Lipinski definition) is 4. The highest BCUT2D eigenvalue weighted by Crippen LogP contribution is 1.98. The fourth-order valence-corrected chi connectivity index (χ4v) is 1.37. The number of nitrogens with one attached hydrogen (secondary N) is 3. The van der Waals surface area contributed by atoms with Crippen molar-refractivity contribution in [2.24, 2.45) is 0 Å². The lowest BCUT2D eigenvalue weighted by molar-refractivity contribution is -0.132. The van der Waals surface area contributed by atoms with Crippen molar-refractivity contribution in [3.8, 4) is 0 Å². The van der Waals surface area contributed by atoms with Gasteiger partial charge >= 0.3 is 0 Å². The Kier molecular flexibility index (Phi) is 3.79. The normalized spacial score (nSPS) is 27.3. The number of hydrogen-bond donors (Lipinski definition) is 3. The Morgan fingerprint density at radius 2 is 2.13 bits per heavy atom. The first kappa shape index (κ1) is 11.6. The van der Waals surface area contributed by atoms with E-state index >= 15 is 0 Å². The molecule has 1 heterocycles. The second-order valence-electron chi connectivity index (χ2n) is 3.52. The summed E-state index contributed by atoms with van der Waals surface area (Å²) in [4.78, 5) is 34.0. The van der Waals surface area contributed by atoms with E-state index in [1.165, 1.54) is 6.92 Å². The van der Waals surface area contributed by atoms with Crippen molar-refractivity contribution >= 4 is 17.6 Å². The Morgan fingerprint density at radius 1 is 1.47 bits per heavy atom. The van der Waals surface area contributed by atoms with Gasteiger partial charge in [-0.25, -0.2) is 0 Å². The molecule has 0 aromatic carbocycles. The summed E-state index contributed by atoms with van der Waals surface area (Å²) in [5.74, 6) is -0.705. The van der Waals surface area contributed by atoms with Crippen LogP contribution in [0.5, 0.6) is 0 Å². The maximum Gasteiger partial charge on any atom is 0.238 e. The average Bonchev–Trinajstić information content (AvgIpc) is 2.17. The molecule has 6 nitrogen and oxygen atoms in total. The number of amides is 2. The third kappa shape index (κ3) is 3.02. The SMILES string of the molecule is CNC1CC(=O)NCC(C(C)=O)NC1=O. The first-order chi connectivity index (χ1) is 7.04. The van der Waals surface area contributed by atoms with Crippen molar-refractivity contribution in [3.63, 3.8) is 0 Å². The van der Waals surface area contributed by atoms with Crippen molar-refractivity contribution in [2.45, 2.75) is 25.4 Å². The van der Waals surface area contributed by atoms with Crippen LogP contribution in [0.2, 0.25) is 0 Å². The molecular formula is C9H15N3O3. The van der Waals surface area contributed by atoms with E-state index in [1.807, 2.05) is 0 Å². The van der Waals surface area contributed by atoms with E-state index < -0.39 is 12.1 Å². The maximum absolute atomic E-state index is 11.6. The van der Waals surface area contributed by atoms with Gasteiger partial charge in [-0.2, -0.15) is 0 Å². The van der Waals surface area contributed by atoms with Crippen LogP contribution in [0.4, 0.5) is 0 Å². The summed E-state index contributed by atoms with van der Waals surface area (Å²) in [7, 11) is 1.60. The van der Waals surface area contributed by atoms with E-state index in [0.29, 0.717) is 0 Å². The molecule has 0 bridgehead atoms. The molecule has 0 aromatic rings. The molecule has 1 saturated heterocycles. The summed E-state index contributed by atoms with van der Waals surface area (Å²) >= 11 is 0. The Morgan fingerprint density at radius 3 is 2.67 bits per heavy atom. The van der Waals surface area contributed by atoms with Crippen molar-refractivity contribution in [2.75, 3.05) is 13.6 Å². The van der Waals surface area contributed by atoms with Gasteiger partial charge in [-0.05, 0) is 14.0 Å². The molecule has 15 heavy (non-hydrogen) atoms. The van der Waals surface area contributed by atoms with Gasteiger partial charge in [-0.1, -0.05) is 0 Å². The van der Waals surface area contributed by atoms with Crippen molar-refractivity contribution in [1.82, 2.24) is 16.0 Å². The molecule has 2 unspecified atom stereocenters. The van der Waals surface area contributed by atoms with E-state index in [0.717, 1.165) is 0 Å². The van der Waals surface area contributed by atoms with Crippen LogP contribution in [-0.4, -0.2) is 43.3 Å². The van der Waals surface area contributed by atoms with Crippen molar-refractivity contribution in [3.05, 3.63) is 0 Å². The molecule has 0 aliphatic carbocycles. The number of rotatable bonds is 2. The van der Waals surface area contributed by atoms with Crippen LogP contribution < -0.4 is 16.0 Å². The molecule has 0 radical (unpaired) electrons. The summed E-state index contributed by atoms with van der Waals surface area (Å²) in [5.41, 5.74) is 0. The van der Waals surface area contributed by atoms with Gasteiger partial charge in [0, 0.05) is 6.54 Å². The molecule has 0 aromatic heterocycles. The quantitative estimate of drug-likeness (QED) is 0.503. The fourth-order valence-electron chi connectivity index (χ4n) is 1.37. The van der Waals surface area contributed by atoms with Gasteiger partial charge in [-0.3, -0.25) is 14.4 Å². The second-order valence-corrected chi connectivity index (χ2v) is 3.52. The van der Waals surface area contributed by atoms with E-state index in [-0.39, 0.29) is 30.6 Å². The number of ketones is 1. The van der Waals surface area contributed by atoms with Gasteiger partial charge in [0.15, 0.2) is 5.78 Å². The number of carbonyl (C=O) groups is 3.